The van der Waals surface area contributed by atoms with Gasteiger partial charge >= 0.3 is 6.03 Å². The zero-order valence-electron chi connectivity index (χ0n) is 12.9. The number of thiocarbonyl (C=S) groups is 1. The molecule has 1 heterocycles. The fraction of sp³-hybridized carbons (Fsp3) is 0.267. The van der Waals surface area contributed by atoms with Crippen LogP contribution in [0.1, 0.15) is 12.5 Å². The van der Waals surface area contributed by atoms with Gasteiger partial charge in [0.1, 0.15) is 11.3 Å². The maximum Gasteiger partial charge on any atom is 0.344 e. The molecule has 0 aromatic heterocycles. The number of hydrogen-bond acceptors (Lipinski definition) is 4. The van der Waals surface area contributed by atoms with Crippen LogP contribution in [0.5, 0.6) is 5.75 Å². The van der Waals surface area contributed by atoms with Gasteiger partial charge in [-0.25, -0.2) is 4.79 Å². The average molecular weight is 334 g/mol. The molecule has 0 saturated carbocycles. The molecule has 23 heavy (non-hydrogen) atoms. The maximum atomic E-state index is 12.7. The highest BCUT2D eigenvalue weighted by atomic mass is 32.1. The van der Waals surface area contributed by atoms with Crippen molar-refractivity contribution in [1.29, 1.82) is 0 Å². The SMILES string of the molecule is C=CCNC(=S)NN1C(=O)NC(C)(c2cccc(OC)c2)C1=O. The molecular formula is C15H18N4O3S. The highest BCUT2D eigenvalue weighted by Gasteiger charge is 2.49. The lowest BCUT2D eigenvalue weighted by molar-refractivity contribution is -0.132. The Balaban J connectivity index is 2.22. The van der Waals surface area contributed by atoms with E-state index in [0.717, 1.165) is 5.01 Å². The predicted molar refractivity (Wildman–Crippen MR) is 89.7 cm³/mol. The average Bonchev–Trinajstić information content (AvgIpc) is 2.77. The Labute approximate surface area is 139 Å². The van der Waals surface area contributed by atoms with E-state index >= 15 is 0 Å². The summed E-state index contributed by atoms with van der Waals surface area (Å²) in [6.07, 6.45) is 1.61. The molecule has 1 aliphatic rings. The summed E-state index contributed by atoms with van der Waals surface area (Å²) in [4.78, 5) is 24.8. The monoisotopic (exact) mass is 334 g/mol. The number of hydrogen-bond donors (Lipinski definition) is 3. The van der Waals surface area contributed by atoms with Crippen LogP contribution in [0.2, 0.25) is 0 Å². The van der Waals surface area contributed by atoms with E-state index in [1.54, 1.807) is 37.3 Å². The van der Waals surface area contributed by atoms with E-state index in [4.69, 9.17) is 17.0 Å². The summed E-state index contributed by atoms with van der Waals surface area (Å²) in [5.74, 6) is 0.138. The molecule has 1 aliphatic heterocycles. The molecule has 0 aliphatic carbocycles. The Morgan fingerprint density at radius 3 is 2.91 bits per heavy atom. The van der Waals surface area contributed by atoms with Crippen LogP contribution in [0.15, 0.2) is 36.9 Å². The topological polar surface area (TPSA) is 82.7 Å². The molecule has 1 aromatic rings. The van der Waals surface area contributed by atoms with Crippen molar-refractivity contribution in [3.8, 4) is 5.75 Å². The van der Waals surface area contributed by atoms with Gasteiger partial charge in [-0.1, -0.05) is 18.2 Å². The first kappa shape index (κ1) is 16.8. The van der Waals surface area contributed by atoms with Crippen molar-refractivity contribution < 1.29 is 14.3 Å². The normalized spacial score (nSPS) is 20.0. The van der Waals surface area contributed by atoms with E-state index in [0.29, 0.717) is 17.9 Å². The fourth-order valence-electron chi connectivity index (χ4n) is 2.18. The van der Waals surface area contributed by atoms with Gasteiger partial charge in [-0.3, -0.25) is 10.2 Å². The zero-order valence-corrected chi connectivity index (χ0v) is 13.7. The molecule has 7 nitrogen and oxygen atoms in total. The molecule has 1 atom stereocenters. The van der Waals surface area contributed by atoms with Crippen LogP contribution < -0.4 is 20.8 Å². The van der Waals surface area contributed by atoms with Crippen LogP contribution >= 0.6 is 12.2 Å². The Morgan fingerprint density at radius 2 is 2.26 bits per heavy atom. The number of ether oxygens (including phenoxy) is 1. The minimum atomic E-state index is -1.20. The molecule has 1 fully saturated rings. The molecule has 3 amide bonds. The third-order valence-electron chi connectivity index (χ3n) is 3.46. The third-order valence-corrected chi connectivity index (χ3v) is 3.69. The van der Waals surface area contributed by atoms with Crippen molar-refractivity contribution in [3.05, 3.63) is 42.5 Å². The largest absolute Gasteiger partial charge is 0.497 e. The summed E-state index contributed by atoms with van der Waals surface area (Å²) in [5.41, 5.74) is 1.99. The molecule has 3 N–H and O–H groups in total. The molecular weight excluding hydrogens is 316 g/mol. The van der Waals surface area contributed by atoms with E-state index < -0.39 is 17.5 Å². The predicted octanol–water partition coefficient (Wildman–Crippen LogP) is 1.03. The van der Waals surface area contributed by atoms with Gasteiger partial charge in [0.05, 0.1) is 7.11 Å². The van der Waals surface area contributed by atoms with E-state index in [-0.39, 0.29) is 5.11 Å². The smallest absolute Gasteiger partial charge is 0.344 e. The summed E-state index contributed by atoms with van der Waals surface area (Å²) in [6.45, 7) is 5.60. The maximum absolute atomic E-state index is 12.7. The summed E-state index contributed by atoms with van der Waals surface area (Å²) in [7, 11) is 1.54. The Kier molecular flexibility index (Phi) is 4.85. The number of amides is 3. The van der Waals surface area contributed by atoms with Crippen LogP contribution in [0.4, 0.5) is 4.79 Å². The first-order chi connectivity index (χ1) is 10.9. The molecule has 1 aromatic carbocycles. The van der Waals surface area contributed by atoms with E-state index in [9.17, 15) is 9.59 Å². The fourth-order valence-corrected chi connectivity index (χ4v) is 2.35. The lowest BCUT2D eigenvalue weighted by atomic mass is 9.92. The Hall–Kier alpha value is -2.61. The van der Waals surface area contributed by atoms with Gasteiger partial charge in [-0.05, 0) is 36.8 Å². The number of carbonyl (C=O) groups is 2. The number of nitrogens with one attached hydrogen (secondary N) is 3. The highest BCUT2D eigenvalue weighted by Crippen LogP contribution is 2.30. The van der Waals surface area contributed by atoms with E-state index in [2.05, 4.69) is 22.6 Å². The lowest BCUT2D eigenvalue weighted by Gasteiger charge is -2.23. The van der Waals surface area contributed by atoms with Crippen LogP contribution in [0, 0.1) is 0 Å². The molecule has 0 radical (unpaired) electrons. The number of methoxy groups -OCH3 is 1. The number of imide groups is 1. The molecule has 122 valence electrons. The second-order valence-corrected chi connectivity index (χ2v) is 5.45. The van der Waals surface area contributed by atoms with Gasteiger partial charge in [0, 0.05) is 6.54 Å². The van der Waals surface area contributed by atoms with E-state index in [1.165, 1.54) is 7.11 Å². The summed E-state index contributed by atoms with van der Waals surface area (Å²) in [6, 6.07) is 6.39. The quantitative estimate of drug-likeness (QED) is 0.424. The second kappa shape index (κ2) is 6.66. The highest BCUT2D eigenvalue weighted by molar-refractivity contribution is 7.80. The van der Waals surface area contributed by atoms with Crippen molar-refractivity contribution >= 4 is 29.3 Å². The van der Waals surface area contributed by atoms with Crippen molar-refractivity contribution in [2.24, 2.45) is 0 Å². The molecule has 2 rings (SSSR count). The van der Waals surface area contributed by atoms with Crippen molar-refractivity contribution in [1.82, 2.24) is 21.1 Å². The number of rotatable bonds is 5. The number of nitrogens with zero attached hydrogens (tertiary/aromatic N) is 1. The van der Waals surface area contributed by atoms with Crippen molar-refractivity contribution in [2.75, 3.05) is 13.7 Å². The van der Waals surface area contributed by atoms with Crippen LogP contribution in [0.3, 0.4) is 0 Å². The number of benzene rings is 1. The second-order valence-electron chi connectivity index (χ2n) is 5.04. The minimum Gasteiger partial charge on any atom is -0.497 e. The van der Waals surface area contributed by atoms with Gasteiger partial charge in [-0.15, -0.1) is 6.58 Å². The van der Waals surface area contributed by atoms with Gasteiger partial charge in [0.25, 0.3) is 5.91 Å². The number of carbonyl (C=O) groups excluding carboxylic acids is 2. The van der Waals surface area contributed by atoms with Crippen molar-refractivity contribution in [2.45, 2.75) is 12.5 Å². The number of urea groups is 1. The van der Waals surface area contributed by atoms with Crippen LogP contribution in [-0.4, -0.2) is 35.7 Å². The Bertz CT molecular complexity index is 664. The number of hydrazine groups is 1. The molecule has 8 heteroatoms. The zero-order chi connectivity index (χ0) is 17.0. The standard InChI is InChI=1S/C15H18N4O3S/c1-4-8-16-13(23)18-19-12(20)15(2,17-14(19)21)10-6-5-7-11(9-10)22-3/h4-7,9H,1,8H2,2-3H3,(H,17,21)(H2,16,18,23). The first-order valence-electron chi connectivity index (χ1n) is 6.89. The molecule has 1 saturated heterocycles. The van der Waals surface area contributed by atoms with Gasteiger partial charge in [-0.2, -0.15) is 5.01 Å². The van der Waals surface area contributed by atoms with Crippen LogP contribution in [-0.2, 0) is 10.3 Å². The van der Waals surface area contributed by atoms with Gasteiger partial charge in [0.15, 0.2) is 5.11 Å². The minimum absolute atomic E-state index is 0.156. The molecule has 0 spiro atoms. The Morgan fingerprint density at radius 1 is 1.52 bits per heavy atom. The summed E-state index contributed by atoms with van der Waals surface area (Å²) in [5, 5.41) is 6.48. The van der Waals surface area contributed by atoms with E-state index in [1.807, 2.05) is 0 Å². The third kappa shape index (κ3) is 3.26. The lowest BCUT2D eigenvalue weighted by Crippen LogP contribution is -2.51. The van der Waals surface area contributed by atoms with Crippen molar-refractivity contribution in [3.63, 3.8) is 0 Å². The van der Waals surface area contributed by atoms with Gasteiger partial charge in [0.2, 0.25) is 0 Å². The summed E-state index contributed by atoms with van der Waals surface area (Å²) < 4.78 is 5.16. The summed E-state index contributed by atoms with van der Waals surface area (Å²) >= 11 is 5.03. The van der Waals surface area contributed by atoms with Crippen LogP contribution in [0.25, 0.3) is 0 Å². The first-order valence-corrected chi connectivity index (χ1v) is 7.30. The molecule has 0 bridgehead atoms. The molecule has 1 unspecified atom stereocenters. The van der Waals surface area contributed by atoms with Gasteiger partial charge < -0.3 is 15.4 Å².